The monoisotopic (exact) mass is 492 g/mol. The molecule has 0 spiro atoms. The molecule has 2 aromatic carbocycles. The fourth-order valence-electron chi connectivity index (χ4n) is 5.23. The van der Waals surface area contributed by atoms with Gasteiger partial charge in [-0.25, -0.2) is 4.79 Å². The smallest absolute Gasteiger partial charge is 0.414 e. The van der Waals surface area contributed by atoms with Crippen LogP contribution in [0.3, 0.4) is 0 Å². The maximum atomic E-state index is 12.6. The van der Waals surface area contributed by atoms with E-state index in [4.69, 9.17) is 9.47 Å². The van der Waals surface area contributed by atoms with Gasteiger partial charge in [0.2, 0.25) is 5.88 Å². The maximum Gasteiger partial charge on any atom is 0.414 e. The van der Waals surface area contributed by atoms with Crippen LogP contribution < -0.4 is 14.8 Å². The minimum absolute atomic E-state index is 0.122. The SMILES string of the molecule is COc1ccc(-c2cccc3[nH]c(OC(=O)NC4CCN(CCN5CCC(O)CC5)CC4)cc23)cc1. The molecule has 3 N–H and O–H groups in total. The largest absolute Gasteiger partial charge is 0.497 e. The number of rotatable bonds is 7. The molecule has 5 rings (SSSR count). The fraction of sp³-hybridized carbons (Fsp3) is 0.464. The van der Waals surface area contributed by atoms with Crippen LogP contribution in [0.5, 0.6) is 11.6 Å². The molecular formula is C28H36N4O4. The van der Waals surface area contributed by atoms with Crippen LogP contribution in [-0.2, 0) is 0 Å². The number of carbonyl (C=O) groups excluding carboxylic acids is 1. The molecule has 1 amide bonds. The Labute approximate surface area is 212 Å². The Morgan fingerprint density at radius 3 is 2.33 bits per heavy atom. The van der Waals surface area contributed by atoms with E-state index in [1.54, 1.807) is 7.11 Å². The number of methoxy groups -OCH3 is 1. The van der Waals surface area contributed by atoms with Crippen molar-refractivity contribution in [3.63, 3.8) is 0 Å². The average Bonchev–Trinajstić information content (AvgIpc) is 3.31. The number of aromatic amines is 1. The summed E-state index contributed by atoms with van der Waals surface area (Å²) in [6.07, 6.45) is 3.06. The molecule has 192 valence electrons. The molecule has 0 bridgehead atoms. The number of piperidine rings is 2. The van der Waals surface area contributed by atoms with E-state index in [1.165, 1.54) is 0 Å². The number of carbonyl (C=O) groups is 1. The maximum absolute atomic E-state index is 12.6. The van der Waals surface area contributed by atoms with E-state index in [-0.39, 0.29) is 12.1 Å². The van der Waals surface area contributed by atoms with E-state index in [0.717, 1.165) is 92.7 Å². The highest BCUT2D eigenvalue weighted by atomic mass is 16.6. The number of amides is 1. The number of aliphatic hydroxyl groups is 1. The van der Waals surface area contributed by atoms with E-state index in [1.807, 2.05) is 42.5 Å². The van der Waals surface area contributed by atoms with Crippen LogP contribution in [0.1, 0.15) is 25.7 Å². The molecule has 8 nitrogen and oxygen atoms in total. The summed E-state index contributed by atoms with van der Waals surface area (Å²) >= 11 is 0. The minimum Gasteiger partial charge on any atom is -0.497 e. The number of hydrogen-bond donors (Lipinski definition) is 3. The first kappa shape index (κ1) is 24.6. The summed E-state index contributed by atoms with van der Waals surface area (Å²) in [5.74, 6) is 1.25. The van der Waals surface area contributed by atoms with E-state index >= 15 is 0 Å². The number of fused-ring (bicyclic) bond motifs is 1. The van der Waals surface area contributed by atoms with E-state index in [0.29, 0.717) is 5.88 Å². The van der Waals surface area contributed by atoms with Crippen molar-refractivity contribution in [1.29, 1.82) is 0 Å². The second-order valence-corrected chi connectivity index (χ2v) is 9.85. The van der Waals surface area contributed by atoms with Crippen molar-refractivity contribution in [3.8, 4) is 22.8 Å². The third-order valence-corrected chi connectivity index (χ3v) is 7.44. The molecule has 0 aliphatic carbocycles. The Balaban J connectivity index is 1.11. The first-order valence-corrected chi connectivity index (χ1v) is 12.9. The molecule has 2 fully saturated rings. The number of nitrogens with one attached hydrogen (secondary N) is 2. The number of likely N-dealkylation sites (tertiary alicyclic amines) is 2. The van der Waals surface area contributed by atoms with Gasteiger partial charge >= 0.3 is 6.09 Å². The van der Waals surface area contributed by atoms with Gasteiger partial charge in [0.25, 0.3) is 0 Å². The van der Waals surface area contributed by atoms with Crippen LogP contribution >= 0.6 is 0 Å². The molecule has 8 heteroatoms. The second kappa shape index (κ2) is 11.3. The summed E-state index contributed by atoms with van der Waals surface area (Å²) in [5, 5.41) is 13.7. The zero-order chi connectivity index (χ0) is 24.9. The molecule has 0 unspecified atom stereocenters. The van der Waals surface area contributed by atoms with Crippen molar-refractivity contribution in [1.82, 2.24) is 20.1 Å². The Bertz CT molecular complexity index is 1150. The van der Waals surface area contributed by atoms with Crippen LogP contribution in [0.4, 0.5) is 4.79 Å². The lowest BCUT2D eigenvalue weighted by molar-refractivity contribution is 0.0739. The van der Waals surface area contributed by atoms with Crippen molar-refractivity contribution in [3.05, 3.63) is 48.5 Å². The fourth-order valence-corrected chi connectivity index (χ4v) is 5.23. The molecule has 0 atom stereocenters. The molecule has 2 aliphatic rings. The zero-order valence-corrected chi connectivity index (χ0v) is 20.9. The highest BCUT2D eigenvalue weighted by Crippen LogP contribution is 2.32. The topological polar surface area (TPSA) is 90.1 Å². The third kappa shape index (κ3) is 6.00. The Morgan fingerprint density at radius 2 is 1.67 bits per heavy atom. The number of benzene rings is 2. The normalized spacial score (nSPS) is 18.4. The lowest BCUT2D eigenvalue weighted by atomic mass is 10.0. The van der Waals surface area contributed by atoms with Crippen LogP contribution in [0, 0.1) is 0 Å². The van der Waals surface area contributed by atoms with Gasteiger partial charge in [0, 0.05) is 62.3 Å². The summed E-state index contributed by atoms with van der Waals surface area (Å²) < 4.78 is 10.9. The van der Waals surface area contributed by atoms with Crippen molar-refractivity contribution in [2.75, 3.05) is 46.4 Å². The molecule has 3 heterocycles. The molecule has 1 aromatic heterocycles. The molecular weight excluding hydrogens is 456 g/mol. The predicted octanol–water partition coefficient (Wildman–Crippen LogP) is 3.85. The van der Waals surface area contributed by atoms with Gasteiger partial charge in [-0.3, -0.25) is 0 Å². The quantitative estimate of drug-likeness (QED) is 0.464. The number of hydrogen-bond acceptors (Lipinski definition) is 6. The van der Waals surface area contributed by atoms with E-state index < -0.39 is 6.09 Å². The summed E-state index contributed by atoms with van der Waals surface area (Å²) in [5.41, 5.74) is 3.05. The van der Waals surface area contributed by atoms with Gasteiger partial charge in [-0.2, -0.15) is 0 Å². The summed E-state index contributed by atoms with van der Waals surface area (Å²) in [7, 11) is 1.66. The first-order valence-electron chi connectivity index (χ1n) is 12.9. The number of ether oxygens (including phenoxy) is 2. The van der Waals surface area contributed by atoms with Crippen LogP contribution in [0.15, 0.2) is 48.5 Å². The summed E-state index contributed by atoms with van der Waals surface area (Å²) in [6, 6.07) is 16.0. The molecule has 2 saturated heterocycles. The van der Waals surface area contributed by atoms with E-state index in [9.17, 15) is 9.90 Å². The lowest BCUT2D eigenvalue weighted by Gasteiger charge is -2.35. The number of aromatic nitrogens is 1. The number of nitrogens with zero attached hydrogens (tertiary/aromatic N) is 2. The lowest BCUT2D eigenvalue weighted by Crippen LogP contribution is -2.47. The molecule has 3 aromatic rings. The molecule has 2 aliphatic heterocycles. The van der Waals surface area contributed by atoms with Crippen molar-refractivity contribution < 1.29 is 19.4 Å². The van der Waals surface area contributed by atoms with Gasteiger partial charge in [-0.05, 0) is 55.0 Å². The predicted molar refractivity (Wildman–Crippen MR) is 141 cm³/mol. The molecule has 0 saturated carbocycles. The number of aliphatic hydroxyl groups excluding tert-OH is 1. The Kier molecular flexibility index (Phi) is 7.75. The van der Waals surface area contributed by atoms with Crippen LogP contribution in [-0.4, -0.2) is 84.5 Å². The summed E-state index contributed by atoms with van der Waals surface area (Å²) in [4.78, 5) is 20.7. The second-order valence-electron chi connectivity index (χ2n) is 9.85. The van der Waals surface area contributed by atoms with E-state index in [2.05, 4.69) is 26.2 Å². The standard InChI is InChI=1S/C28H36N4O4/c1-35-23-7-5-20(6-8-23)24-3-2-4-26-25(24)19-27(30-26)36-28(34)29-21-9-13-31(14-10-21)17-18-32-15-11-22(33)12-16-32/h2-8,19,21-22,30,33H,9-18H2,1H3,(H,29,34). The molecule has 36 heavy (non-hydrogen) atoms. The van der Waals surface area contributed by atoms with Crippen molar-refractivity contribution >= 4 is 17.0 Å². The third-order valence-electron chi connectivity index (χ3n) is 7.44. The molecule has 0 radical (unpaired) electrons. The van der Waals surface area contributed by atoms with Crippen molar-refractivity contribution in [2.45, 2.75) is 37.8 Å². The van der Waals surface area contributed by atoms with Gasteiger partial charge in [-0.15, -0.1) is 0 Å². The first-order chi connectivity index (χ1) is 17.6. The number of H-pyrrole nitrogens is 1. The van der Waals surface area contributed by atoms with Gasteiger partial charge in [0.05, 0.1) is 13.2 Å². The highest BCUT2D eigenvalue weighted by Gasteiger charge is 2.23. The van der Waals surface area contributed by atoms with Crippen molar-refractivity contribution in [2.24, 2.45) is 0 Å². The minimum atomic E-state index is -0.419. The summed E-state index contributed by atoms with van der Waals surface area (Å²) in [6.45, 7) is 6.00. The van der Waals surface area contributed by atoms with Gasteiger partial charge in [0.1, 0.15) is 5.75 Å². The Hall–Kier alpha value is -3.07. The van der Waals surface area contributed by atoms with Gasteiger partial charge in [-0.1, -0.05) is 24.3 Å². The van der Waals surface area contributed by atoms with Gasteiger partial charge in [0.15, 0.2) is 0 Å². The van der Waals surface area contributed by atoms with Crippen LogP contribution in [0.2, 0.25) is 0 Å². The van der Waals surface area contributed by atoms with Gasteiger partial charge < -0.3 is 34.7 Å². The van der Waals surface area contributed by atoms with Crippen LogP contribution in [0.25, 0.3) is 22.0 Å². The Morgan fingerprint density at radius 1 is 1.00 bits per heavy atom. The average molecular weight is 493 g/mol. The highest BCUT2D eigenvalue weighted by molar-refractivity contribution is 5.96. The zero-order valence-electron chi connectivity index (χ0n) is 20.9.